The standard InChI is InChI=1S/C20H19FN4O2/c1-13(14-7-9-16(21)10-8-14)11-19(26)24-25-20(27)18-12-17(22-23-18)15-5-3-2-4-6-15/h2-10,12-13H,11H2,1H3,(H,22,23)(H,24,26)(H,25,27). The van der Waals surface area contributed by atoms with E-state index in [1.165, 1.54) is 12.1 Å². The van der Waals surface area contributed by atoms with Crippen molar-refractivity contribution in [1.82, 2.24) is 21.0 Å². The Bertz CT molecular complexity index is 923. The molecule has 0 radical (unpaired) electrons. The van der Waals surface area contributed by atoms with Gasteiger partial charge < -0.3 is 0 Å². The van der Waals surface area contributed by atoms with E-state index in [1.807, 2.05) is 37.3 Å². The lowest BCUT2D eigenvalue weighted by atomic mass is 9.98. The minimum atomic E-state index is -0.493. The zero-order chi connectivity index (χ0) is 19.2. The van der Waals surface area contributed by atoms with Crippen molar-refractivity contribution in [3.8, 4) is 11.3 Å². The van der Waals surface area contributed by atoms with Gasteiger partial charge in [0, 0.05) is 12.0 Å². The third kappa shape index (κ3) is 4.78. The van der Waals surface area contributed by atoms with Gasteiger partial charge in [0.2, 0.25) is 5.91 Å². The molecule has 7 heteroatoms. The van der Waals surface area contributed by atoms with Gasteiger partial charge in [-0.05, 0) is 29.7 Å². The molecule has 0 fully saturated rings. The van der Waals surface area contributed by atoms with E-state index in [2.05, 4.69) is 21.0 Å². The highest BCUT2D eigenvalue weighted by Gasteiger charge is 2.14. The van der Waals surface area contributed by atoms with E-state index >= 15 is 0 Å². The first-order valence-electron chi connectivity index (χ1n) is 8.48. The van der Waals surface area contributed by atoms with Crippen LogP contribution in [-0.4, -0.2) is 22.0 Å². The molecule has 0 aliphatic carbocycles. The number of benzene rings is 2. The smallest absolute Gasteiger partial charge is 0.273 e. The van der Waals surface area contributed by atoms with Crippen molar-refractivity contribution in [3.05, 3.63) is 77.7 Å². The molecule has 1 heterocycles. The van der Waals surface area contributed by atoms with Gasteiger partial charge in [-0.3, -0.25) is 25.5 Å². The van der Waals surface area contributed by atoms with Crippen molar-refractivity contribution in [2.75, 3.05) is 0 Å². The van der Waals surface area contributed by atoms with Crippen LogP contribution in [0.5, 0.6) is 0 Å². The van der Waals surface area contributed by atoms with Gasteiger partial charge in [0.05, 0.1) is 5.69 Å². The quantitative estimate of drug-likeness (QED) is 0.606. The molecular weight excluding hydrogens is 347 g/mol. The second kappa shape index (κ2) is 8.27. The monoisotopic (exact) mass is 366 g/mol. The van der Waals surface area contributed by atoms with Crippen LogP contribution in [0.25, 0.3) is 11.3 Å². The number of rotatable bonds is 5. The van der Waals surface area contributed by atoms with Crippen molar-refractivity contribution in [3.63, 3.8) is 0 Å². The van der Waals surface area contributed by atoms with Crippen molar-refractivity contribution >= 4 is 11.8 Å². The molecule has 0 saturated carbocycles. The highest BCUT2D eigenvalue weighted by Crippen LogP contribution is 2.19. The molecule has 3 N–H and O–H groups in total. The Morgan fingerprint density at radius 3 is 2.48 bits per heavy atom. The highest BCUT2D eigenvalue weighted by molar-refractivity contribution is 5.94. The number of hydrazine groups is 1. The number of nitrogens with zero attached hydrogens (tertiary/aromatic N) is 1. The number of hydrogen-bond acceptors (Lipinski definition) is 3. The Morgan fingerprint density at radius 2 is 1.78 bits per heavy atom. The Labute approximate surface area is 155 Å². The fourth-order valence-corrected chi connectivity index (χ4v) is 2.63. The summed E-state index contributed by atoms with van der Waals surface area (Å²) < 4.78 is 13.0. The number of hydrogen-bond donors (Lipinski definition) is 3. The van der Waals surface area contributed by atoms with Gasteiger partial charge in [0.1, 0.15) is 11.5 Å². The minimum absolute atomic E-state index is 0.112. The second-order valence-electron chi connectivity index (χ2n) is 6.19. The summed E-state index contributed by atoms with van der Waals surface area (Å²) >= 11 is 0. The predicted octanol–water partition coefficient (Wildman–Crippen LogP) is 3.17. The predicted molar refractivity (Wildman–Crippen MR) is 99.1 cm³/mol. The molecule has 6 nitrogen and oxygen atoms in total. The fourth-order valence-electron chi connectivity index (χ4n) is 2.63. The van der Waals surface area contributed by atoms with Crippen LogP contribution in [0.1, 0.15) is 35.3 Å². The number of amides is 2. The first-order chi connectivity index (χ1) is 13.0. The molecule has 27 heavy (non-hydrogen) atoms. The third-order valence-electron chi connectivity index (χ3n) is 4.14. The Hall–Kier alpha value is -3.48. The summed E-state index contributed by atoms with van der Waals surface area (Å²) in [5.41, 5.74) is 7.34. The fraction of sp³-hybridized carbons (Fsp3) is 0.150. The number of carbonyl (C=O) groups is 2. The van der Waals surface area contributed by atoms with Crippen LogP contribution < -0.4 is 10.9 Å². The zero-order valence-corrected chi connectivity index (χ0v) is 14.7. The maximum absolute atomic E-state index is 13.0. The van der Waals surface area contributed by atoms with Gasteiger partial charge in [-0.25, -0.2) is 4.39 Å². The summed E-state index contributed by atoms with van der Waals surface area (Å²) in [6.07, 6.45) is 0.157. The Balaban J connectivity index is 1.52. The average Bonchev–Trinajstić information content (AvgIpc) is 3.17. The van der Waals surface area contributed by atoms with Crippen molar-refractivity contribution in [1.29, 1.82) is 0 Å². The van der Waals surface area contributed by atoms with Crippen molar-refractivity contribution in [2.45, 2.75) is 19.3 Å². The maximum atomic E-state index is 13.0. The summed E-state index contributed by atoms with van der Waals surface area (Å²) in [6.45, 7) is 1.86. The molecule has 1 atom stereocenters. The van der Waals surface area contributed by atoms with Crippen LogP contribution in [0.2, 0.25) is 0 Å². The van der Waals surface area contributed by atoms with Gasteiger partial charge in [-0.15, -0.1) is 0 Å². The third-order valence-corrected chi connectivity index (χ3v) is 4.14. The summed E-state index contributed by atoms with van der Waals surface area (Å²) in [7, 11) is 0. The first-order valence-corrected chi connectivity index (χ1v) is 8.48. The van der Waals surface area contributed by atoms with Gasteiger partial charge in [0.15, 0.2) is 0 Å². The lowest BCUT2D eigenvalue weighted by molar-refractivity contribution is -0.122. The van der Waals surface area contributed by atoms with Gasteiger partial charge in [-0.1, -0.05) is 49.4 Å². The van der Waals surface area contributed by atoms with Crippen molar-refractivity contribution < 1.29 is 14.0 Å². The lowest BCUT2D eigenvalue weighted by Gasteiger charge is -2.12. The molecule has 138 valence electrons. The summed E-state index contributed by atoms with van der Waals surface area (Å²) in [5.74, 6) is -1.27. The molecule has 0 bridgehead atoms. The second-order valence-corrected chi connectivity index (χ2v) is 6.19. The molecule has 3 rings (SSSR count). The van der Waals surface area contributed by atoms with Gasteiger partial charge in [-0.2, -0.15) is 5.10 Å². The van der Waals surface area contributed by atoms with E-state index in [0.717, 1.165) is 11.1 Å². The number of halogens is 1. The normalized spacial score (nSPS) is 11.6. The SMILES string of the molecule is CC(CC(=O)NNC(=O)c1cc(-c2ccccc2)n[nH]1)c1ccc(F)cc1. The largest absolute Gasteiger partial charge is 0.287 e. The molecule has 2 aromatic carbocycles. The summed E-state index contributed by atoms with van der Waals surface area (Å²) in [4.78, 5) is 24.2. The molecule has 0 aliphatic rings. The van der Waals surface area contributed by atoms with Crippen LogP contribution in [0, 0.1) is 5.82 Å². The highest BCUT2D eigenvalue weighted by atomic mass is 19.1. The lowest BCUT2D eigenvalue weighted by Crippen LogP contribution is -2.42. The van der Waals surface area contributed by atoms with Crippen LogP contribution >= 0.6 is 0 Å². The van der Waals surface area contributed by atoms with E-state index in [1.54, 1.807) is 18.2 Å². The Morgan fingerprint density at radius 1 is 1.07 bits per heavy atom. The molecule has 1 aromatic heterocycles. The molecular formula is C20H19FN4O2. The van der Waals surface area contributed by atoms with E-state index in [9.17, 15) is 14.0 Å². The van der Waals surface area contributed by atoms with E-state index in [-0.39, 0.29) is 29.8 Å². The Kier molecular flexibility index (Phi) is 5.61. The number of aromatic amines is 1. The van der Waals surface area contributed by atoms with Gasteiger partial charge >= 0.3 is 0 Å². The molecule has 0 aliphatic heterocycles. The van der Waals surface area contributed by atoms with Crippen LogP contribution in [0.15, 0.2) is 60.7 Å². The first kappa shape index (κ1) is 18.3. The topological polar surface area (TPSA) is 86.9 Å². The van der Waals surface area contributed by atoms with E-state index in [4.69, 9.17) is 0 Å². The number of aromatic nitrogens is 2. The van der Waals surface area contributed by atoms with Crippen LogP contribution in [0.4, 0.5) is 4.39 Å². The van der Waals surface area contributed by atoms with Crippen LogP contribution in [0.3, 0.4) is 0 Å². The maximum Gasteiger partial charge on any atom is 0.287 e. The molecule has 0 saturated heterocycles. The average molecular weight is 366 g/mol. The minimum Gasteiger partial charge on any atom is -0.273 e. The molecule has 1 unspecified atom stereocenters. The van der Waals surface area contributed by atoms with E-state index in [0.29, 0.717) is 5.69 Å². The molecule has 3 aromatic rings. The molecule has 0 spiro atoms. The summed E-state index contributed by atoms with van der Waals surface area (Å²) in [5, 5.41) is 6.75. The number of carbonyl (C=O) groups excluding carboxylic acids is 2. The number of H-pyrrole nitrogens is 1. The number of nitrogens with one attached hydrogen (secondary N) is 3. The summed E-state index contributed by atoms with van der Waals surface area (Å²) in [6, 6.07) is 17.0. The zero-order valence-electron chi connectivity index (χ0n) is 14.7. The van der Waals surface area contributed by atoms with Gasteiger partial charge in [0.25, 0.3) is 5.91 Å². The van der Waals surface area contributed by atoms with Crippen molar-refractivity contribution in [2.24, 2.45) is 0 Å². The van der Waals surface area contributed by atoms with E-state index < -0.39 is 5.91 Å². The van der Waals surface area contributed by atoms with Crippen LogP contribution in [-0.2, 0) is 4.79 Å². The molecule has 2 amide bonds.